The van der Waals surface area contributed by atoms with Crippen molar-refractivity contribution in [3.05, 3.63) is 168 Å². The van der Waals surface area contributed by atoms with E-state index < -0.39 is 0 Å². The Morgan fingerprint density at radius 3 is 1.68 bits per heavy atom. The number of anilines is 5. The van der Waals surface area contributed by atoms with Gasteiger partial charge in [-0.1, -0.05) is 103 Å². The number of aryl methyl sites for hydroxylation is 2. The zero-order valence-corrected chi connectivity index (χ0v) is 29.2. The lowest BCUT2D eigenvalue weighted by Gasteiger charge is -2.17. The highest BCUT2D eigenvalue weighted by Gasteiger charge is 2.17. The SMILES string of the molecule is Nc1cc2c(nn1)-c1ccccc1CC2.Nc1ccc(/C=C/c2ccc(N)cc2)cc1.Nc1ccc2c(c1)nc(-c1ccccc1)c1cc(N)ccc12. The summed E-state index contributed by atoms with van der Waals surface area (Å²) in [6, 6.07) is 47.7. The second-order valence-electron chi connectivity index (χ2n) is 12.9. The Kier molecular flexibility index (Phi) is 9.94. The van der Waals surface area contributed by atoms with Crippen LogP contribution < -0.4 is 28.7 Å². The van der Waals surface area contributed by atoms with Gasteiger partial charge in [-0.15, -0.1) is 10.2 Å². The molecule has 0 fully saturated rings. The number of nitrogens with zero attached hydrogens (tertiary/aromatic N) is 3. The molecule has 0 amide bonds. The number of rotatable bonds is 3. The quantitative estimate of drug-likeness (QED) is 0.0694. The van der Waals surface area contributed by atoms with E-state index in [0.717, 1.165) is 79.7 Å². The molecule has 8 heteroatoms. The lowest BCUT2D eigenvalue weighted by Crippen LogP contribution is -2.08. The van der Waals surface area contributed by atoms with Crippen LogP contribution in [0.5, 0.6) is 0 Å². The number of hydrogen-bond donors (Lipinski definition) is 5. The summed E-state index contributed by atoms with van der Waals surface area (Å²) in [7, 11) is 0. The molecule has 0 bridgehead atoms. The molecule has 0 saturated carbocycles. The molecular weight excluding hydrogens is 653 g/mol. The van der Waals surface area contributed by atoms with E-state index in [0.29, 0.717) is 11.5 Å². The maximum absolute atomic E-state index is 5.99. The van der Waals surface area contributed by atoms with Crippen molar-refractivity contribution in [2.45, 2.75) is 12.8 Å². The Bertz CT molecular complexity index is 2500. The summed E-state index contributed by atoms with van der Waals surface area (Å²) < 4.78 is 0. The number of pyridine rings is 1. The summed E-state index contributed by atoms with van der Waals surface area (Å²) in [4.78, 5) is 4.84. The Balaban J connectivity index is 0.000000126. The van der Waals surface area contributed by atoms with E-state index in [9.17, 15) is 0 Å². The van der Waals surface area contributed by atoms with Gasteiger partial charge in [0, 0.05) is 44.6 Å². The first-order valence-corrected chi connectivity index (χ1v) is 17.3. The molecule has 8 aromatic rings. The second-order valence-corrected chi connectivity index (χ2v) is 12.9. The van der Waals surface area contributed by atoms with Crippen molar-refractivity contribution in [2.24, 2.45) is 0 Å². The third-order valence-electron chi connectivity index (χ3n) is 9.06. The Labute approximate surface area is 308 Å². The maximum Gasteiger partial charge on any atom is 0.146 e. The molecule has 0 saturated heterocycles. The molecule has 260 valence electrons. The van der Waals surface area contributed by atoms with E-state index in [1.165, 1.54) is 16.7 Å². The maximum atomic E-state index is 5.99. The fourth-order valence-corrected chi connectivity index (χ4v) is 6.37. The predicted molar refractivity (Wildman–Crippen MR) is 223 cm³/mol. The molecule has 0 spiro atoms. The standard InChI is InChI=1S/C19H15N3.C14H14N2.C12H11N3/c20-13-6-8-15-16-9-7-14(21)11-18(16)22-19(17(15)10-13)12-4-2-1-3-5-12;15-13-7-3-11(4-8-13)1-2-12-5-9-14(16)10-6-12;13-11-7-9-6-5-8-3-1-2-4-10(8)12(9)15-14-11/h1-11H,20-21H2;1-10H,15-16H2;1-4,7H,5-6H2,(H2,13,14)/b;2-1+;. The molecule has 2 heterocycles. The molecule has 2 aromatic heterocycles. The van der Waals surface area contributed by atoms with Crippen LogP contribution in [-0.2, 0) is 12.8 Å². The average molecular weight is 693 g/mol. The highest BCUT2D eigenvalue weighted by molar-refractivity contribution is 6.12. The number of fused-ring (bicyclic) bond motifs is 6. The first-order chi connectivity index (χ1) is 25.8. The fourth-order valence-electron chi connectivity index (χ4n) is 6.37. The van der Waals surface area contributed by atoms with Crippen molar-refractivity contribution in [1.82, 2.24) is 15.2 Å². The molecule has 1 aliphatic carbocycles. The summed E-state index contributed by atoms with van der Waals surface area (Å²) in [5.74, 6) is 0.508. The van der Waals surface area contributed by atoms with Crippen molar-refractivity contribution in [3.8, 4) is 22.5 Å². The van der Waals surface area contributed by atoms with Crippen LogP contribution in [0.4, 0.5) is 28.6 Å². The molecule has 8 nitrogen and oxygen atoms in total. The van der Waals surface area contributed by atoms with E-state index in [2.05, 4.69) is 46.6 Å². The number of nitrogens with two attached hydrogens (primary N) is 5. The van der Waals surface area contributed by atoms with Crippen LogP contribution in [-0.4, -0.2) is 15.2 Å². The van der Waals surface area contributed by atoms with E-state index in [1.54, 1.807) is 0 Å². The topological polar surface area (TPSA) is 169 Å². The highest BCUT2D eigenvalue weighted by Crippen LogP contribution is 2.34. The van der Waals surface area contributed by atoms with Crippen LogP contribution in [0.15, 0.2) is 146 Å². The minimum Gasteiger partial charge on any atom is -0.399 e. The largest absolute Gasteiger partial charge is 0.399 e. The first-order valence-electron chi connectivity index (χ1n) is 17.3. The van der Waals surface area contributed by atoms with Gasteiger partial charge in [-0.05, 0) is 95.1 Å². The van der Waals surface area contributed by atoms with Crippen molar-refractivity contribution in [3.63, 3.8) is 0 Å². The molecular formula is C45H40N8. The molecule has 6 aromatic carbocycles. The third kappa shape index (κ3) is 8.08. The van der Waals surface area contributed by atoms with Crippen LogP contribution in [0.3, 0.4) is 0 Å². The number of hydrogen-bond acceptors (Lipinski definition) is 8. The molecule has 0 unspecified atom stereocenters. The minimum absolute atomic E-state index is 0.508. The molecule has 0 atom stereocenters. The molecule has 0 radical (unpaired) electrons. The van der Waals surface area contributed by atoms with Gasteiger partial charge in [0.05, 0.1) is 16.9 Å². The summed E-state index contributed by atoms with van der Waals surface area (Å²) in [5, 5.41) is 11.4. The normalized spacial score (nSPS) is 11.5. The van der Waals surface area contributed by atoms with Gasteiger partial charge in [0.2, 0.25) is 0 Å². The van der Waals surface area contributed by atoms with Gasteiger partial charge in [0.15, 0.2) is 0 Å². The first kappa shape index (κ1) is 34.3. The van der Waals surface area contributed by atoms with Gasteiger partial charge in [-0.25, -0.2) is 4.98 Å². The van der Waals surface area contributed by atoms with Gasteiger partial charge in [-0.2, -0.15) is 0 Å². The fraction of sp³-hybridized carbons (Fsp3) is 0.0444. The zero-order chi connectivity index (χ0) is 36.7. The number of nitrogen functional groups attached to an aromatic ring is 5. The zero-order valence-electron chi connectivity index (χ0n) is 29.2. The Morgan fingerprint density at radius 2 is 1.00 bits per heavy atom. The summed E-state index contributed by atoms with van der Waals surface area (Å²) in [5.41, 5.74) is 41.7. The summed E-state index contributed by atoms with van der Waals surface area (Å²) >= 11 is 0. The number of benzene rings is 6. The van der Waals surface area contributed by atoms with Crippen LogP contribution in [0.2, 0.25) is 0 Å². The third-order valence-corrected chi connectivity index (χ3v) is 9.06. The van der Waals surface area contributed by atoms with Crippen LogP contribution in [0, 0.1) is 0 Å². The van der Waals surface area contributed by atoms with Gasteiger partial charge in [0.25, 0.3) is 0 Å². The van der Waals surface area contributed by atoms with E-state index in [4.69, 9.17) is 33.7 Å². The Hall–Kier alpha value is -7.19. The lowest BCUT2D eigenvalue weighted by atomic mass is 9.89. The molecule has 10 N–H and O–H groups in total. The highest BCUT2D eigenvalue weighted by atomic mass is 15.1. The monoisotopic (exact) mass is 692 g/mol. The molecule has 0 aliphatic heterocycles. The summed E-state index contributed by atoms with van der Waals surface area (Å²) in [6.07, 6.45) is 6.16. The minimum atomic E-state index is 0.508. The Morgan fingerprint density at radius 1 is 0.434 bits per heavy atom. The van der Waals surface area contributed by atoms with Crippen LogP contribution in [0.25, 0.3) is 56.3 Å². The van der Waals surface area contributed by atoms with E-state index in [-0.39, 0.29) is 0 Å². The van der Waals surface area contributed by atoms with E-state index >= 15 is 0 Å². The smallest absolute Gasteiger partial charge is 0.146 e. The second kappa shape index (κ2) is 15.4. The van der Waals surface area contributed by atoms with Crippen molar-refractivity contribution in [2.75, 3.05) is 28.7 Å². The molecule has 9 rings (SSSR count). The van der Waals surface area contributed by atoms with Gasteiger partial charge in [-0.3, -0.25) is 0 Å². The predicted octanol–water partition coefficient (Wildman–Crippen LogP) is 9.07. The van der Waals surface area contributed by atoms with Gasteiger partial charge in [0.1, 0.15) is 5.82 Å². The van der Waals surface area contributed by atoms with E-state index in [1.807, 2.05) is 121 Å². The molecule has 53 heavy (non-hydrogen) atoms. The van der Waals surface area contributed by atoms with Crippen LogP contribution >= 0.6 is 0 Å². The van der Waals surface area contributed by atoms with Crippen molar-refractivity contribution >= 4 is 62.4 Å². The van der Waals surface area contributed by atoms with Gasteiger partial charge < -0.3 is 28.7 Å². The average Bonchev–Trinajstić information content (AvgIpc) is 3.18. The van der Waals surface area contributed by atoms with Crippen molar-refractivity contribution in [1.29, 1.82) is 0 Å². The number of aromatic nitrogens is 3. The van der Waals surface area contributed by atoms with Gasteiger partial charge >= 0.3 is 0 Å². The molecule has 1 aliphatic rings. The van der Waals surface area contributed by atoms with Crippen molar-refractivity contribution < 1.29 is 0 Å². The van der Waals surface area contributed by atoms with Crippen LogP contribution in [0.1, 0.15) is 22.3 Å². The summed E-state index contributed by atoms with van der Waals surface area (Å²) in [6.45, 7) is 0. The lowest BCUT2D eigenvalue weighted by molar-refractivity contribution is 0.900.